The van der Waals surface area contributed by atoms with E-state index in [1.54, 1.807) is 23.1 Å². The summed E-state index contributed by atoms with van der Waals surface area (Å²) in [7, 11) is 0. The van der Waals surface area contributed by atoms with Crippen molar-refractivity contribution in [3.8, 4) is 26.8 Å². The summed E-state index contributed by atoms with van der Waals surface area (Å²) >= 11 is 2.75. The van der Waals surface area contributed by atoms with Crippen molar-refractivity contribution in [3.63, 3.8) is 0 Å². The van der Waals surface area contributed by atoms with Crippen LogP contribution in [0.15, 0.2) is 66.7 Å². The first kappa shape index (κ1) is 23.3. The number of carbonyl (C=O) groups excluding carboxylic acids is 2. The van der Waals surface area contributed by atoms with Crippen molar-refractivity contribution in [1.29, 1.82) is 0 Å². The molecule has 5 aromatic rings. The van der Waals surface area contributed by atoms with Crippen LogP contribution < -0.4 is 15.0 Å². The molecular formula is C27H19FN4O3S2. The normalized spacial score (nSPS) is 12.8. The first-order valence-corrected chi connectivity index (χ1v) is 13.1. The molecule has 0 aliphatic carbocycles. The maximum atomic E-state index is 13.5. The van der Waals surface area contributed by atoms with Crippen LogP contribution in [0, 0.1) is 5.82 Å². The Bertz CT molecular complexity index is 1630. The van der Waals surface area contributed by atoms with Crippen LogP contribution in [0.1, 0.15) is 17.4 Å². The van der Waals surface area contributed by atoms with Crippen molar-refractivity contribution in [2.45, 2.75) is 6.92 Å². The maximum absolute atomic E-state index is 13.5. The van der Waals surface area contributed by atoms with Gasteiger partial charge in [-0.1, -0.05) is 35.6 Å². The Morgan fingerprint density at radius 3 is 2.57 bits per heavy atom. The molecule has 1 aliphatic heterocycles. The lowest BCUT2D eigenvalue weighted by Gasteiger charge is -2.29. The summed E-state index contributed by atoms with van der Waals surface area (Å²) in [5.74, 6) is 0.0493. The maximum Gasteiger partial charge on any atom is 0.328 e. The predicted molar refractivity (Wildman–Crippen MR) is 144 cm³/mol. The predicted octanol–water partition coefficient (Wildman–Crippen LogP) is 6.86. The van der Waals surface area contributed by atoms with Gasteiger partial charge in [-0.3, -0.25) is 15.0 Å². The molecule has 0 bridgehead atoms. The largest absolute Gasteiger partial charge is 0.490 e. The second kappa shape index (κ2) is 9.38. The summed E-state index contributed by atoms with van der Waals surface area (Å²) < 4.78 is 20.2. The zero-order valence-corrected chi connectivity index (χ0v) is 21.2. The fraction of sp³-hybridized carbons (Fsp3) is 0.111. The smallest absolute Gasteiger partial charge is 0.328 e. The molecule has 10 heteroatoms. The average Bonchev–Trinajstić information content (AvgIpc) is 3.53. The highest BCUT2D eigenvalue weighted by atomic mass is 32.1. The second-order valence-electron chi connectivity index (χ2n) is 8.36. The molecule has 6 rings (SSSR count). The van der Waals surface area contributed by atoms with E-state index in [1.165, 1.54) is 41.7 Å². The number of ether oxygens (including phenoxy) is 1. The third kappa shape index (κ3) is 4.45. The zero-order valence-electron chi connectivity index (χ0n) is 19.5. The van der Waals surface area contributed by atoms with Crippen LogP contribution >= 0.6 is 22.7 Å². The van der Waals surface area contributed by atoms with Gasteiger partial charge in [-0.15, -0.1) is 11.3 Å². The van der Waals surface area contributed by atoms with Gasteiger partial charge in [0.25, 0.3) is 0 Å². The summed E-state index contributed by atoms with van der Waals surface area (Å²) in [6, 6.07) is 18.9. The minimum absolute atomic E-state index is 0.181. The van der Waals surface area contributed by atoms with E-state index in [9.17, 15) is 14.0 Å². The molecule has 0 radical (unpaired) electrons. The number of para-hydroxylation sites is 1. The zero-order chi connectivity index (χ0) is 25.5. The van der Waals surface area contributed by atoms with E-state index in [4.69, 9.17) is 4.74 Å². The summed E-state index contributed by atoms with van der Waals surface area (Å²) in [5.41, 5.74) is 3.21. The van der Waals surface area contributed by atoms with Crippen molar-refractivity contribution < 1.29 is 18.7 Å². The van der Waals surface area contributed by atoms with Gasteiger partial charge in [0.05, 0.1) is 27.3 Å². The third-order valence-corrected chi connectivity index (χ3v) is 7.99. The lowest BCUT2D eigenvalue weighted by molar-refractivity contribution is 0.101. The minimum atomic E-state index is -0.350. The number of aromatic nitrogens is 2. The van der Waals surface area contributed by atoms with Crippen LogP contribution in [0.5, 0.6) is 5.75 Å². The highest BCUT2D eigenvalue weighted by Crippen LogP contribution is 2.40. The lowest BCUT2D eigenvalue weighted by atomic mass is 10.1. The fourth-order valence-electron chi connectivity index (χ4n) is 4.13. The number of nitrogens with zero attached hydrogens (tertiary/aromatic N) is 3. The van der Waals surface area contributed by atoms with Crippen LogP contribution in [0.4, 0.5) is 20.0 Å². The standard InChI is InChI=1S/C27H19FN4O3S2/c1-15(33)23-24(16-6-9-18(28)10-7-16)37-25(30-23)17-8-11-21-20(14-17)32(12-13-35-21)27(34)31-26-29-19-4-2-3-5-22(19)36-26/h2-11,14H,12-13H2,1H3,(H,29,31,34). The molecule has 2 aromatic heterocycles. The van der Waals surface area contributed by atoms with Crippen molar-refractivity contribution in [2.75, 3.05) is 23.4 Å². The number of urea groups is 1. The van der Waals surface area contributed by atoms with E-state index in [2.05, 4.69) is 15.3 Å². The van der Waals surface area contributed by atoms with Gasteiger partial charge in [-0.25, -0.2) is 19.2 Å². The van der Waals surface area contributed by atoms with Crippen molar-refractivity contribution >= 4 is 55.5 Å². The number of rotatable bonds is 4. The van der Waals surface area contributed by atoms with Gasteiger partial charge in [0.2, 0.25) is 0 Å². The molecule has 0 fully saturated rings. The molecule has 184 valence electrons. The number of fused-ring (bicyclic) bond motifs is 2. The van der Waals surface area contributed by atoms with E-state index in [-0.39, 0.29) is 17.6 Å². The molecule has 3 aromatic carbocycles. The number of Topliss-reactive ketones (excluding diaryl/α,β-unsaturated/α-hetero) is 1. The highest BCUT2D eigenvalue weighted by Gasteiger charge is 2.26. The molecule has 0 saturated heterocycles. The molecule has 0 saturated carbocycles. The molecular weight excluding hydrogens is 511 g/mol. The SMILES string of the molecule is CC(=O)c1nc(-c2ccc3c(c2)N(C(=O)Nc2nc4ccccc4s2)CCO3)sc1-c1ccc(F)cc1. The summed E-state index contributed by atoms with van der Waals surface area (Å²) in [6.45, 7) is 2.19. The van der Waals surface area contributed by atoms with Crippen LogP contribution in [0.3, 0.4) is 0 Å². The molecule has 0 atom stereocenters. The van der Waals surface area contributed by atoms with Crippen molar-refractivity contribution in [1.82, 2.24) is 9.97 Å². The number of amides is 2. The van der Waals surface area contributed by atoms with Crippen LogP contribution in [-0.4, -0.2) is 34.9 Å². The third-order valence-electron chi connectivity index (χ3n) is 5.89. The molecule has 7 nitrogen and oxygen atoms in total. The van der Waals surface area contributed by atoms with Gasteiger partial charge in [0.1, 0.15) is 28.9 Å². The number of halogens is 1. The first-order chi connectivity index (χ1) is 18.0. The van der Waals surface area contributed by atoms with Crippen LogP contribution in [0.25, 0.3) is 31.2 Å². The number of ketones is 1. The fourth-order valence-corrected chi connectivity index (χ4v) is 6.10. The number of anilines is 2. The van der Waals surface area contributed by atoms with E-state index in [0.29, 0.717) is 50.9 Å². The molecule has 1 aliphatic rings. The molecule has 1 N–H and O–H groups in total. The quantitative estimate of drug-likeness (QED) is 0.257. The summed E-state index contributed by atoms with van der Waals surface area (Å²) in [4.78, 5) is 37.0. The number of nitrogens with one attached hydrogen (secondary N) is 1. The Balaban J connectivity index is 1.33. The molecule has 3 heterocycles. The molecule has 37 heavy (non-hydrogen) atoms. The Labute approximate surface area is 219 Å². The Morgan fingerprint density at radius 1 is 1.00 bits per heavy atom. The van der Waals surface area contributed by atoms with Gasteiger partial charge in [-0.2, -0.15) is 0 Å². The van der Waals surface area contributed by atoms with Crippen molar-refractivity contribution in [3.05, 3.63) is 78.2 Å². The Hall–Kier alpha value is -4.15. The highest BCUT2D eigenvalue weighted by molar-refractivity contribution is 7.22. The first-order valence-electron chi connectivity index (χ1n) is 11.5. The van der Waals surface area contributed by atoms with Crippen molar-refractivity contribution in [2.24, 2.45) is 0 Å². The number of carbonyl (C=O) groups is 2. The monoisotopic (exact) mass is 530 g/mol. The van der Waals surface area contributed by atoms with E-state index < -0.39 is 0 Å². The van der Waals surface area contributed by atoms with E-state index in [0.717, 1.165) is 15.8 Å². The number of hydrogen-bond donors (Lipinski definition) is 1. The number of thiazole rings is 2. The molecule has 2 amide bonds. The number of benzene rings is 3. The topological polar surface area (TPSA) is 84.4 Å². The Morgan fingerprint density at radius 2 is 1.78 bits per heavy atom. The van der Waals surface area contributed by atoms with E-state index in [1.807, 2.05) is 36.4 Å². The summed E-state index contributed by atoms with van der Waals surface area (Å²) in [6.07, 6.45) is 0. The van der Waals surface area contributed by atoms with Gasteiger partial charge >= 0.3 is 6.03 Å². The lowest BCUT2D eigenvalue weighted by Crippen LogP contribution is -2.40. The minimum Gasteiger partial charge on any atom is -0.490 e. The average molecular weight is 531 g/mol. The second-order valence-corrected chi connectivity index (χ2v) is 10.4. The van der Waals surface area contributed by atoms with Crippen LogP contribution in [0.2, 0.25) is 0 Å². The Kier molecular flexibility index (Phi) is 5.90. The van der Waals surface area contributed by atoms with Gasteiger partial charge in [0, 0.05) is 12.5 Å². The number of hydrogen-bond acceptors (Lipinski definition) is 7. The summed E-state index contributed by atoms with van der Waals surface area (Å²) in [5, 5.41) is 4.04. The molecule has 0 spiro atoms. The van der Waals surface area contributed by atoms with Crippen LogP contribution in [-0.2, 0) is 0 Å². The van der Waals surface area contributed by atoms with Gasteiger partial charge in [0.15, 0.2) is 10.9 Å². The van der Waals surface area contributed by atoms with Gasteiger partial charge < -0.3 is 4.74 Å². The van der Waals surface area contributed by atoms with E-state index >= 15 is 0 Å². The molecule has 0 unspecified atom stereocenters. The van der Waals surface area contributed by atoms with Gasteiger partial charge in [-0.05, 0) is 48.0 Å².